The van der Waals surface area contributed by atoms with E-state index in [1.807, 2.05) is 13.1 Å². The molecule has 2 aliphatic heterocycles. The van der Waals surface area contributed by atoms with E-state index in [1.165, 1.54) is 19.4 Å². The zero-order valence-electron chi connectivity index (χ0n) is 14.6. The molecule has 4 rings (SSSR count). The van der Waals surface area contributed by atoms with Gasteiger partial charge in [0.15, 0.2) is 11.5 Å². The Labute approximate surface area is 150 Å². The van der Waals surface area contributed by atoms with Gasteiger partial charge in [-0.2, -0.15) is 0 Å². The largest absolute Gasteiger partial charge is 0.507 e. The lowest BCUT2D eigenvalue weighted by atomic mass is 9.94. The number of likely N-dealkylation sites (N-methyl/N-ethyl adjacent to an activating group) is 1. The highest BCUT2D eigenvalue weighted by molar-refractivity contribution is 6.17. The van der Waals surface area contributed by atoms with Gasteiger partial charge in [0.1, 0.15) is 22.8 Å². The van der Waals surface area contributed by atoms with Gasteiger partial charge >= 0.3 is 0 Å². The number of hydrogen-bond donors (Lipinski definition) is 1. The van der Waals surface area contributed by atoms with E-state index in [4.69, 9.17) is 13.9 Å². The maximum atomic E-state index is 12.9. The molecule has 0 atom stereocenters. The van der Waals surface area contributed by atoms with Crippen molar-refractivity contribution in [2.45, 2.75) is 6.42 Å². The number of nitrogens with zero attached hydrogens (tertiary/aromatic N) is 1. The minimum atomic E-state index is -0.289. The summed E-state index contributed by atoms with van der Waals surface area (Å²) in [4.78, 5) is 15.1. The summed E-state index contributed by atoms with van der Waals surface area (Å²) in [6, 6.07) is 4.95. The highest BCUT2D eigenvalue weighted by Gasteiger charge is 2.36. The molecule has 0 bridgehead atoms. The molecule has 134 valence electrons. The van der Waals surface area contributed by atoms with E-state index in [2.05, 4.69) is 4.90 Å². The fraction of sp³-hybridized carbons (Fsp3) is 0.250. The fourth-order valence-corrected chi connectivity index (χ4v) is 3.28. The van der Waals surface area contributed by atoms with Crippen LogP contribution in [0.1, 0.15) is 28.1 Å². The Bertz CT molecular complexity index is 924. The van der Waals surface area contributed by atoms with Crippen LogP contribution in [-0.4, -0.2) is 43.0 Å². The second-order valence-electron chi connectivity index (χ2n) is 6.37. The molecule has 2 aliphatic rings. The zero-order valence-corrected chi connectivity index (χ0v) is 14.6. The minimum absolute atomic E-state index is 0.0449. The first-order valence-electron chi connectivity index (χ1n) is 8.38. The summed E-state index contributed by atoms with van der Waals surface area (Å²) >= 11 is 0. The van der Waals surface area contributed by atoms with E-state index < -0.39 is 0 Å². The number of allylic oxidation sites excluding steroid dienone is 1. The Morgan fingerprint density at radius 3 is 2.85 bits per heavy atom. The van der Waals surface area contributed by atoms with Crippen LogP contribution in [0.5, 0.6) is 17.2 Å². The number of hydrogen-bond acceptors (Lipinski definition) is 6. The number of phenols is 1. The quantitative estimate of drug-likeness (QED) is 0.854. The molecule has 1 aromatic heterocycles. The average molecular weight is 353 g/mol. The van der Waals surface area contributed by atoms with Crippen molar-refractivity contribution in [1.82, 2.24) is 4.90 Å². The molecular weight excluding hydrogens is 334 g/mol. The third-order valence-electron chi connectivity index (χ3n) is 4.66. The van der Waals surface area contributed by atoms with Gasteiger partial charge in [0.05, 0.1) is 18.9 Å². The molecular formula is C20H19NO5. The van der Waals surface area contributed by atoms with Crippen molar-refractivity contribution >= 4 is 17.4 Å². The number of methoxy groups -OCH3 is 1. The van der Waals surface area contributed by atoms with Crippen LogP contribution in [0.25, 0.3) is 11.6 Å². The standard InChI is InChI=1S/C20H19NO5/c1-21-7-5-12(6-8-21)17-14(22)11-15(24-2)18-19(23)16(26-20(17)18)10-13-4-3-9-25-13/h3-5,9-11,22H,6-8H2,1-2H3/b16-10-. The van der Waals surface area contributed by atoms with E-state index in [0.29, 0.717) is 28.4 Å². The summed E-state index contributed by atoms with van der Waals surface area (Å²) in [5, 5.41) is 10.6. The van der Waals surface area contributed by atoms with Crippen molar-refractivity contribution in [2.75, 3.05) is 27.2 Å². The molecule has 0 saturated heterocycles. The summed E-state index contributed by atoms with van der Waals surface area (Å²) < 4.78 is 16.5. The third kappa shape index (κ3) is 2.68. The van der Waals surface area contributed by atoms with Gasteiger partial charge < -0.3 is 23.9 Å². The van der Waals surface area contributed by atoms with Gasteiger partial charge in [0, 0.05) is 25.2 Å². The van der Waals surface area contributed by atoms with Gasteiger partial charge in [-0.15, -0.1) is 0 Å². The number of benzene rings is 1. The summed E-state index contributed by atoms with van der Waals surface area (Å²) in [5.41, 5.74) is 1.86. The van der Waals surface area contributed by atoms with Gasteiger partial charge in [-0.25, -0.2) is 0 Å². The molecule has 0 spiro atoms. The first kappa shape index (κ1) is 16.5. The van der Waals surface area contributed by atoms with Crippen LogP contribution in [0, 0.1) is 0 Å². The van der Waals surface area contributed by atoms with Crippen LogP contribution < -0.4 is 9.47 Å². The molecule has 1 N–H and O–H groups in total. The first-order valence-corrected chi connectivity index (χ1v) is 8.38. The lowest BCUT2D eigenvalue weighted by Crippen LogP contribution is -2.23. The number of fused-ring (bicyclic) bond motifs is 1. The molecule has 0 radical (unpaired) electrons. The van der Waals surface area contributed by atoms with Crippen LogP contribution in [0.4, 0.5) is 0 Å². The SMILES string of the molecule is COc1cc(O)c(C2=CCN(C)CC2)c2c1C(=O)/C(=C/c1ccco1)O2. The Kier molecular flexibility index (Phi) is 4.05. The third-order valence-corrected chi connectivity index (χ3v) is 4.66. The summed E-state index contributed by atoms with van der Waals surface area (Å²) in [7, 11) is 3.50. The highest BCUT2D eigenvalue weighted by atomic mass is 16.5. The number of phenolic OH excluding ortho intramolecular Hbond substituents is 1. The van der Waals surface area contributed by atoms with Crippen LogP contribution in [0.3, 0.4) is 0 Å². The van der Waals surface area contributed by atoms with E-state index in [-0.39, 0.29) is 17.3 Å². The van der Waals surface area contributed by atoms with E-state index in [9.17, 15) is 9.90 Å². The van der Waals surface area contributed by atoms with Gasteiger partial charge in [0.2, 0.25) is 5.78 Å². The Hall–Kier alpha value is -2.99. The molecule has 6 heteroatoms. The maximum absolute atomic E-state index is 12.9. The van der Waals surface area contributed by atoms with Crippen LogP contribution in [0.2, 0.25) is 0 Å². The number of aromatic hydroxyl groups is 1. The number of furan rings is 1. The van der Waals surface area contributed by atoms with Gasteiger partial charge in [-0.05, 0) is 31.2 Å². The molecule has 2 aromatic rings. The monoisotopic (exact) mass is 353 g/mol. The highest BCUT2D eigenvalue weighted by Crippen LogP contribution is 2.48. The predicted molar refractivity (Wildman–Crippen MR) is 96.4 cm³/mol. The average Bonchev–Trinajstić information content (AvgIpc) is 3.25. The summed E-state index contributed by atoms with van der Waals surface area (Å²) in [5.74, 6) is 1.06. The predicted octanol–water partition coefficient (Wildman–Crippen LogP) is 3.33. The molecule has 6 nitrogen and oxygen atoms in total. The molecule has 0 fully saturated rings. The van der Waals surface area contributed by atoms with Crippen LogP contribution in [0.15, 0.2) is 40.7 Å². The van der Waals surface area contributed by atoms with E-state index in [0.717, 1.165) is 25.1 Å². The van der Waals surface area contributed by atoms with Crippen LogP contribution >= 0.6 is 0 Å². The Morgan fingerprint density at radius 2 is 2.19 bits per heavy atom. The summed E-state index contributed by atoms with van der Waals surface area (Å²) in [6.45, 7) is 1.65. The fourth-order valence-electron chi connectivity index (χ4n) is 3.28. The lowest BCUT2D eigenvalue weighted by Gasteiger charge is -2.23. The summed E-state index contributed by atoms with van der Waals surface area (Å²) in [6.07, 6.45) is 5.89. The molecule has 3 heterocycles. The number of carbonyl (C=O) groups excluding carboxylic acids is 1. The normalized spacial score (nSPS) is 18.6. The van der Waals surface area contributed by atoms with E-state index >= 15 is 0 Å². The zero-order chi connectivity index (χ0) is 18.3. The van der Waals surface area contributed by atoms with Crippen molar-refractivity contribution in [1.29, 1.82) is 0 Å². The van der Waals surface area contributed by atoms with Crippen molar-refractivity contribution in [3.8, 4) is 17.2 Å². The molecule has 0 saturated carbocycles. The van der Waals surface area contributed by atoms with Crippen molar-refractivity contribution in [3.63, 3.8) is 0 Å². The number of carbonyl (C=O) groups is 1. The maximum Gasteiger partial charge on any atom is 0.235 e. The van der Waals surface area contributed by atoms with E-state index in [1.54, 1.807) is 18.2 Å². The molecule has 0 aliphatic carbocycles. The van der Waals surface area contributed by atoms with Crippen molar-refractivity contribution in [2.24, 2.45) is 0 Å². The Morgan fingerprint density at radius 1 is 1.35 bits per heavy atom. The Balaban J connectivity index is 1.85. The number of Topliss-reactive ketones (excluding diaryl/α,β-unsaturated/α-hetero) is 1. The van der Waals surface area contributed by atoms with Gasteiger partial charge in [-0.3, -0.25) is 4.79 Å². The second-order valence-corrected chi connectivity index (χ2v) is 6.37. The molecule has 0 unspecified atom stereocenters. The van der Waals surface area contributed by atoms with Gasteiger partial charge in [-0.1, -0.05) is 6.08 Å². The van der Waals surface area contributed by atoms with Gasteiger partial charge in [0.25, 0.3) is 0 Å². The smallest absolute Gasteiger partial charge is 0.235 e. The molecule has 26 heavy (non-hydrogen) atoms. The minimum Gasteiger partial charge on any atom is -0.507 e. The molecule has 0 amide bonds. The van der Waals surface area contributed by atoms with Crippen molar-refractivity contribution in [3.05, 3.63) is 53.2 Å². The second kappa shape index (κ2) is 6.38. The number of ketones is 1. The first-order chi connectivity index (χ1) is 12.6. The number of rotatable bonds is 3. The molecule has 1 aromatic carbocycles. The van der Waals surface area contributed by atoms with Crippen molar-refractivity contribution < 1.29 is 23.8 Å². The topological polar surface area (TPSA) is 72.1 Å². The lowest BCUT2D eigenvalue weighted by molar-refractivity contribution is 0.101. The number of ether oxygens (including phenoxy) is 2. The van der Waals surface area contributed by atoms with Crippen LogP contribution in [-0.2, 0) is 0 Å².